The minimum absolute atomic E-state index is 0.0856. The van der Waals surface area contributed by atoms with Gasteiger partial charge in [0, 0.05) is 12.4 Å². The van der Waals surface area contributed by atoms with E-state index in [9.17, 15) is 18.0 Å². The van der Waals surface area contributed by atoms with Gasteiger partial charge in [0.05, 0.1) is 7.11 Å². The van der Waals surface area contributed by atoms with E-state index >= 15 is 0 Å². The van der Waals surface area contributed by atoms with Crippen LogP contribution in [0.25, 0.3) is 0 Å². The van der Waals surface area contributed by atoms with Gasteiger partial charge < -0.3 is 4.74 Å². The predicted molar refractivity (Wildman–Crippen MR) is 74.4 cm³/mol. The van der Waals surface area contributed by atoms with Crippen LogP contribution in [0, 0.1) is 0 Å². The summed E-state index contributed by atoms with van der Waals surface area (Å²) in [6.07, 6.45) is -5.60. The number of carbonyl (C=O) groups excluding carboxylic acids is 1. The molecule has 1 aromatic rings. The second-order valence-electron chi connectivity index (χ2n) is 4.43. The average molecular weight is 324 g/mol. The number of methoxy groups -OCH3 is 1. The Kier molecular flexibility index (Phi) is 6.81. The highest BCUT2D eigenvalue weighted by atomic mass is 35.5. The number of halogens is 4. The lowest BCUT2D eigenvalue weighted by Gasteiger charge is -2.31. The molecule has 0 aromatic heterocycles. The van der Waals surface area contributed by atoms with Gasteiger partial charge in [-0.05, 0) is 18.4 Å². The Balaban J connectivity index is 2.85. The molecule has 3 nitrogen and oxygen atoms in total. The van der Waals surface area contributed by atoms with Crippen LogP contribution in [-0.2, 0) is 11.2 Å². The van der Waals surface area contributed by atoms with Gasteiger partial charge in [0.25, 0.3) is 0 Å². The van der Waals surface area contributed by atoms with E-state index in [4.69, 9.17) is 11.6 Å². The van der Waals surface area contributed by atoms with Gasteiger partial charge in [-0.15, -0.1) is 11.6 Å². The van der Waals surface area contributed by atoms with Crippen molar-refractivity contribution < 1.29 is 22.7 Å². The molecule has 0 spiro atoms. The Labute approximate surface area is 126 Å². The maximum Gasteiger partial charge on any atom is 0.410 e. The van der Waals surface area contributed by atoms with Crippen LogP contribution < -0.4 is 0 Å². The zero-order valence-corrected chi connectivity index (χ0v) is 12.3. The fraction of sp³-hybridized carbons (Fsp3) is 0.500. The first-order valence-electron chi connectivity index (χ1n) is 6.41. The molecule has 118 valence electrons. The minimum atomic E-state index is -4.54. The van der Waals surface area contributed by atoms with E-state index in [0.29, 0.717) is 11.3 Å². The third-order valence-corrected chi connectivity index (χ3v) is 3.25. The van der Waals surface area contributed by atoms with Crippen LogP contribution in [0.15, 0.2) is 30.3 Å². The maximum absolute atomic E-state index is 13.1. The molecule has 0 aliphatic heterocycles. The number of nitrogens with zero attached hydrogens (tertiary/aromatic N) is 1. The number of rotatable bonds is 6. The van der Waals surface area contributed by atoms with E-state index in [0.717, 1.165) is 12.7 Å². The lowest BCUT2D eigenvalue weighted by molar-refractivity contribution is -0.179. The Morgan fingerprint density at radius 2 is 1.95 bits per heavy atom. The van der Waals surface area contributed by atoms with Gasteiger partial charge in [0.2, 0.25) is 0 Å². The first-order valence-corrected chi connectivity index (χ1v) is 6.94. The highest BCUT2D eigenvalue weighted by Gasteiger charge is 2.45. The van der Waals surface area contributed by atoms with Crippen LogP contribution >= 0.6 is 11.6 Å². The number of benzene rings is 1. The standard InChI is InChI=1S/C14H17ClF3NO2/c1-21-13(20)19(12(7-9-15)14(16,17)18)10-8-11-5-3-2-4-6-11/h2-6,12H,7-10H2,1H3. The summed E-state index contributed by atoms with van der Waals surface area (Å²) in [4.78, 5) is 12.3. The van der Waals surface area contributed by atoms with Crippen LogP contribution in [0.2, 0.25) is 0 Å². The largest absolute Gasteiger partial charge is 0.453 e. The van der Waals surface area contributed by atoms with Crippen LogP contribution in [-0.4, -0.2) is 42.7 Å². The number of alkyl halides is 4. The molecule has 1 rings (SSSR count). The SMILES string of the molecule is COC(=O)N(CCc1ccccc1)C(CCCl)C(F)(F)F. The molecule has 1 atom stereocenters. The van der Waals surface area contributed by atoms with E-state index in [-0.39, 0.29) is 18.8 Å². The highest BCUT2D eigenvalue weighted by Crippen LogP contribution is 2.28. The third kappa shape index (κ3) is 5.46. The van der Waals surface area contributed by atoms with Gasteiger partial charge in [-0.25, -0.2) is 4.79 Å². The molecule has 0 fully saturated rings. The Morgan fingerprint density at radius 3 is 2.43 bits per heavy atom. The Bertz CT molecular complexity index is 440. The molecule has 0 N–H and O–H groups in total. The topological polar surface area (TPSA) is 29.5 Å². The first-order chi connectivity index (χ1) is 9.90. The summed E-state index contributed by atoms with van der Waals surface area (Å²) >= 11 is 5.43. The first kappa shape index (κ1) is 17.6. The van der Waals surface area contributed by atoms with Crippen molar-refractivity contribution >= 4 is 17.7 Å². The molecule has 0 saturated heterocycles. The zero-order chi connectivity index (χ0) is 15.9. The van der Waals surface area contributed by atoms with Crippen LogP contribution in [0.5, 0.6) is 0 Å². The fourth-order valence-electron chi connectivity index (χ4n) is 1.99. The van der Waals surface area contributed by atoms with Crippen molar-refractivity contribution in [2.45, 2.75) is 25.1 Å². The predicted octanol–water partition coefficient (Wildman–Crippen LogP) is 3.86. The average Bonchev–Trinajstić information content (AvgIpc) is 2.46. The second-order valence-corrected chi connectivity index (χ2v) is 4.81. The summed E-state index contributed by atoms with van der Waals surface area (Å²) in [5.74, 6) is -0.191. The summed E-state index contributed by atoms with van der Waals surface area (Å²) in [6, 6.07) is 7.04. The van der Waals surface area contributed by atoms with Gasteiger partial charge in [-0.1, -0.05) is 30.3 Å². The molecule has 7 heteroatoms. The van der Waals surface area contributed by atoms with Gasteiger partial charge in [-0.2, -0.15) is 13.2 Å². The fourth-order valence-corrected chi connectivity index (χ4v) is 2.19. The van der Waals surface area contributed by atoms with Crippen LogP contribution in [0.3, 0.4) is 0 Å². The molecular weight excluding hydrogens is 307 g/mol. The lowest BCUT2D eigenvalue weighted by atomic mass is 10.1. The van der Waals surface area contributed by atoms with Crippen LogP contribution in [0.1, 0.15) is 12.0 Å². The number of hydrogen-bond acceptors (Lipinski definition) is 2. The summed E-state index contributed by atoms with van der Waals surface area (Å²) < 4.78 is 43.7. The van der Waals surface area contributed by atoms with Gasteiger partial charge in [-0.3, -0.25) is 4.90 Å². The molecule has 0 saturated carbocycles. The smallest absolute Gasteiger partial charge is 0.410 e. The van der Waals surface area contributed by atoms with E-state index in [1.54, 1.807) is 24.3 Å². The van der Waals surface area contributed by atoms with Gasteiger partial charge in [0.15, 0.2) is 0 Å². The van der Waals surface area contributed by atoms with Crippen molar-refractivity contribution in [3.63, 3.8) is 0 Å². The number of ether oxygens (including phenoxy) is 1. The van der Waals surface area contributed by atoms with E-state index in [2.05, 4.69) is 4.74 Å². The summed E-state index contributed by atoms with van der Waals surface area (Å²) in [6.45, 7) is -0.0856. The summed E-state index contributed by atoms with van der Waals surface area (Å²) in [5, 5.41) is 0. The maximum atomic E-state index is 13.1. The molecule has 21 heavy (non-hydrogen) atoms. The molecule has 1 amide bonds. The lowest BCUT2D eigenvalue weighted by Crippen LogP contribution is -2.49. The van der Waals surface area contributed by atoms with E-state index in [1.165, 1.54) is 0 Å². The van der Waals surface area contributed by atoms with Crippen molar-refractivity contribution in [1.82, 2.24) is 4.90 Å². The minimum Gasteiger partial charge on any atom is -0.453 e. The monoisotopic (exact) mass is 323 g/mol. The Morgan fingerprint density at radius 1 is 1.33 bits per heavy atom. The summed E-state index contributed by atoms with van der Waals surface area (Å²) in [7, 11) is 1.06. The molecule has 0 aliphatic rings. The molecule has 0 heterocycles. The van der Waals surface area contributed by atoms with Gasteiger partial charge >= 0.3 is 12.3 Å². The normalized spacial score (nSPS) is 12.8. The molecule has 1 unspecified atom stereocenters. The van der Waals surface area contributed by atoms with Crippen molar-refractivity contribution in [2.75, 3.05) is 19.5 Å². The molecule has 0 aliphatic carbocycles. The number of hydrogen-bond donors (Lipinski definition) is 0. The zero-order valence-electron chi connectivity index (χ0n) is 11.6. The quantitative estimate of drug-likeness (QED) is 0.744. The number of amides is 1. The Hall–Kier alpha value is -1.43. The molecule has 1 aromatic carbocycles. The van der Waals surface area contributed by atoms with E-state index in [1.807, 2.05) is 6.07 Å². The molecule has 0 bridgehead atoms. The van der Waals surface area contributed by atoms with Gasteiger partial charge in [0.1, 0.15) is 6.04 Å². The number of carbonyl (C=O) groups is 1. The molecular formula is C14H17ClF3NO2. The highest BCUT2D eigenvalue weighted by molar-refractivity contribution is 6.17. The van der Waals surface area contributed by atoms with Crippen molar-refractivity contribution in [3.8, 4) is 0 Å². The molecule has 0 radical (unpaired) electrons. The van der Waals surface area contributed by atoms with Crippen molar-refractivity contribution in [3.05, 3.63) is 35.9 Å². The third-order valence-electron chi connectivity index (χ3n) is 3.03. The summed E-state index contributed by atoms with van der Waals surface area (Å²) in [5.41, 5.74) is 0.846. The second kappa shape index (κ2) is 8.12. The van der Waals surface area contributed by atoms with Crippen molar-refractivity contribution in [1.29, 1.82) is 0 Å². The van der Waals surface area contributed by atoms with Crippen molar-refractivity contribution in [2.24, 2.45) is 0 Å². The van der Waals surface area contributed by atoms with Crippen LogP contribution in [0.4, 0.5) is 18.0 Å². The van der Waals surface area contributed by atoms with E-state index < -0.39 is 18.3 Å².